The molecule has 6 rings (SSSR count). The summed E-state index contributed by atoms with van der Waals surface area (Å²) in [5, 5.41) is 18.0. The molecule has 44 heavy (non-hydrogen) atoms. The summed E-state index contributed by atoms with van der Waals surface area (Å²) in [5.74, 6) is -3.37. The summed E-state index contributed by atoms with van der Waals surface area (Å²) in [7, 11) is 0. The van der Waals surface area contributed by atoms with Crippen molar-refractivity contribution < 1.29 is 32.5 Å². The molecule has 1 atom stereocenters. The number of pyridine rings is 1. The second-order valence-corrected chi connectivity index (χ2v) is 10.3. The van der Waals surface area contributed by atoms with Gasteiger partial charge in [-0.25, -0.2) is 27.6 Å². The number of benzene rings is 3. The molecule has 0 amide bonds. The highest BCUT2D eigenvalue weighted by molar-refractivity contribution is 5.93. The zero-order valence-electron chi connectivity index (χ0n) is 23.0. The number of halogens is 3. The lowest BCUT2D eigenvalue weighted by molar-refractivity contribution is -0.0618. The molecule has 0 aliphatic carbocycles. The fourth-order valence-corrected chi connectivity index (χ4v) is 5.01. The maximum Gasteiger partial charge on any atom is 0.335 e. The van der Waals surface area contributed by atoms with E-state index in [1.54, 1.807) is 24.3 Å². The van der Waals surface area contributed by atoms with E-state index in [1.807, 2.05) is 6.07 Å². The minimum Gasteiger partial charge on any atom is -0.478 e. The van der Waals surface area contributed by atoms with Crippen LogP contribution in [0.25, 0.3) is 22.2 Å². The van der Waals surface area contributed by atoms with Crippen molar-refractivity contribution in [3.05, 3.63) is 117 Å². The van der Waals surface area contributed by atoms with Crippen molar-refractivity contribution in [2.24, 2.45) is 0 Å². The first kappa shape index (κ1) is 28.7. The van der Waals surface area contributed by atoms with Crippen LogP contribution in [0.15, 0.2) is 71.5 Å². The summed E-state index contributed by atoms with van der Waals surface area (Å²) in [4.78, 5) is 29.3. The van der Waals surface area contributed by atoms with E-state index in [1.165, 1.54) is 39.7 Å². The third-order valence-electron chi connectivity index (χ3n) is 7.45. The van der Waals surface area contributed by atoms with E-state index in [2.05, 4.69) is 4.98 Å². The van der Waals surface area contributed by atoms with Gasteiger partial charge in [0.1, 0.15) is 29.4 Å². The van der Waals surface area contributed by atoms with Gasteiger partial charge in [0.25, 0.3) is 5.56 Å². The van der Waals surface area contributed by atoms with Gasteiger partial charge in [0.2, 0.25) is 5.88 Å². The van der Waals surface area contributed by atoms with Crippen molar-refractivity contribution in [3.8, 4) is 23.2 Å². The van der Waals surface area contributed by atoms with Gasteiger partial charge in [-0.15, -0.1) is 0 Å². The first-order valence-corrected chi connectivity index (χ1v) is 13.6. The Morgan fingerprint density at radius 2 is 1.80 bits per heavy atom. The topological polar surface area (TPSA) is 119 Å². The molecule has 0 spiro atoms. The number of nitriles is 1. The Morgan fingerprint density at radius 1 is 1.02 bits per heavy atom. The van der Waals surface area contributed by atoms with Gasteiger partial charge in [-0.2, -0.15) is 5.26 Å². The molecule has 0 bridgehead atoms. The summed E-state index contributed by atoms with van der Waals surface area (Å²) in [6, 6.07) is 17.2. The summed E-state index contributed by atoms with van der Waals surface area (Å²) in [6.45, 7) is 0.307. The van der Waals surface area contributed by atoms with Crippen LogP contribution in [0.1, 0.15) is 33.5 Å². The third-order valence-corrected chi connectivity index (χ3v) is 7.45. The van der Waals surface area contributed by atoms with E-state index in [9.17, 15) is 23.5 Å². The average Bonchev–Trinajstić information content (AvgIpc) is 3.25. The van der Waals surface area contributed by atoms with Gasteiger partial charge < -0.3 is 14.6 Å². The number of rotatable bonds is 9. The normalized spacial score (nSPS) is 14.3. The highest BCUT2D eigenvalue weighted by atomic mass is 19.1. The maximum atomic E-state index is 15.5. The molecule has 5 aromatic rings. The fraction of sp³-hybridized carbons (Fsp3) is 0.188. The molecule has 9 nitrogen and oxygen atoms in total. The van der Waals surface area contributed by atoms with Gasteiger partial charge in [-0.3, -0.25) is 9.48 Å². The predicted octanol–water partition coefficient (Wildman–Crippen LogP) is 5.27. The molecular weight excluding hydrogens is 577 g/mol. The number of fused-ring (bicyclic) bond motifs is 1. The Morgan fingerprint density at radius 3 is 2.48 bits per heavy atom. The molecular formula is C32H23F3N4O5. The van der Waals surface area contributed by atoms with Crippen LogP contribution in [0.2, 0.25) is 0 Å². The van der Waals surface area contributed by atoms with E-state index in [-0.39, 0.29) is 64.8 Å². The molecule has 0 saturated carbocycles. The monoisotopic (exact) mass is 600 g/mol. The van der Waals surface area contributed by atoms with Gasteiger partial charge in [0, 0.05) is 29.4 Å². The quantitative estimate of drug-likeness (QED) is 0.245. The highest BCUT2D eigenvalue weighted by Crippen LogP contribution is 2.26. The largest absolute Gasteiger partial charge is 0.478 e. The Balaban J connectivity index is 1.28. The van der Waals surface area contributed by atoms with Crippen molar-refractivity contribution in [1.29, 1.82) is 5.26 Å². The second kappa shape index (κ2) is 11.7. The van der Waals surface area contributed by atoms with Gasteiger partial charge >= 0.3 is 5.97 Å². The van der Waals surface area contributed by atoms with Gasteiger partial charge in [-0.1, -0.05) is 24.3 Å². The number of hydrogen-bond donors (Lipinski definition) is 1. The molecule has 222 valence electrons. The molecule has 1 fully saturated rings. The molecule has 1 aliphatic rings. The number of ether oxygens (including phenoxy) is 2. The summed E-state index contributed by atoms with van der Waals surface area (Å²) < 4.78 is 58.4. The third kappa shape index (κ3) is 5.52. The number of carbonyl (C=O) groups is 1. The number of hydrogen-bond acceptors (Lipinski definition) is 6. The number of aromatic nitrogens is 3. The minimum atomic E-state index is -1.34. The van der Waals surface area contributed by atoms with Crippen molar-refractivity contribution in [2.45, 2.75) is 32.2 Å². The standard InChI is InChI=1S/C32H23F3N4O5/c33-24-10-18(14-36)4-5-21(24)17-44-29-3-1-2-27(37-29)19-6-7-20(25(34)11-19)15-39-31(40)30-26(35)12-22(32(41)42)13-28(30)38(39)16-23-8-9-43-23/h1-7,10-13,23H,8-9,15-17H2,(H,41,42). The highest BCUT2D eigenvalue weighted by Gasteiger charge is 2.25. The molecule has 1 saturated heterocycles. The number of nitrogens with zero attached hydrogens (tertiary/aromatic N) is 4. The SMILES string of the molecule is N#Cc1ccc(COc2cccc(-c3ccc(Cn4c(=O)c5c(F)cc(C(=O)O)cc5n4CC4CCO4)c(F)c3)n2)c(F)c1. The average molecular weight is 601 g/mol. The van der Waals surface area contributed by atoms with Gasteiger partial charge in [0.05, 0.1) is 47.6 Å². The molecule has 1 unspecified atom stereocenters. The van der Waals surface area contributed by atoms with Gasteiger partial charge in [0.15, 0.2) is 0 Å². The number of carboxylic acid groups (broad SMARTS) is 1. The summed E-state index contributed by atoms with van der Waals surface area (Å²) >= 11 is 0. The van der Waals surface area contributed by atoms with Crippen molar-refractivity contribution in [3.63, 3.8) is 0 Å². The van der Waals surface area contributed by atoms with E-state index in [0.29, 0.717) is 24.3 Å². The molecule has 12 heteroatoms. The van der Waals surface area contributed by atoms with Crippen molar-refractivity contribution in [2.75, 3.05) is 6.61 Å². The fourth-order valence-electron chi connectivity index (χ4n) is 5.01. The summed E-state index contributed by atoms with van der Waals surface area (Å²) in [5.41, 5.74) is 0.407. The van der Waals surface area contributed by atoms with Crippen LogP contribution in [-0.2, 0) is 24.4 Å². The van der Waals surface area contributed by atoms with Crippen molar-refractivity contribution in [1.82, 2.24) is 14.3 Å². The molecule has 1 N–H and O–H groups in total. The molecule has 1 aliphatic heterocycles. The smallest absolute Gasteiger partial charge is 0.335 e. The van der Waals surface area contributed by atoms with Crippen LogP contribution in [-0.4, -0.2) is 38.1 Å². The van der Waals surface area contributed by atoms with Crippen LogP contribution in [0.5, 0.6) is 5.88 Å². The second-order valence-electron chi connectivity index (χ2n) is 10.3. The lowest BCUT2D eigenvalue weighted by Gasteiger charge is -2.28. The van der Waals surface area contributed by atoms with E-state index in [4.69, 9.17) is 14.7 Å². The maximum absolute atomic E-state index is 15.5. The summed E-state index contributed by atoms with van der Waals surface area (Å²) in [6.07, 6.45) is 0.449. The van der Waals surface area contributed by atoms with Crippen LogP contribution < -0.4 is 10.3 Å². The Bertz CT molecular complexity index is 2030. The zero-order valence-corrected chi connectivity index (χ0v) is 23.0. The molecule has 3 heterocycles. The van der Waals surface area contributed by atoms with Crippen LogP contribution in [0, 0.1) is 28.8 Å². The Hall–Kier alpha value is -5.41. The van der Waals surface area contributed by atoms with Crippen LogP contribution in [0.4, 0.5) is 13.2 Å². The number of aromatic carboxylic acids is 1. The Kier molecular flexibility index (Phi) is 7.63. The first-order chi connectivity index (χ1) is 21.2. The van der Waals surface area contributed by atoms with E-state index < -0.39 is 29.0 Å². The number of carboxylic acids is 1. The first-order valence-electron chi connectivity index (χ1n) is 13.6. The molecule has 0 radical (unpaired) electrons. The van der Waals surface area contributed by atoms with E-state index >= 15 is 4.39 Å². The lowest BCUT2D eigenvalue weighted by atomic mass is 10.1. The predicted molar refractivity (Wildman–Crippen MR) is 152 cm³/mol. The van der Waals surface area contributed by atoms with Crippen molar-refractivity contribution >= 4 is 16.9 Å². The minimum absolute atomic E-state index is 0.0850. The molecule has 3 aromatic carbocycles. The van der Waals surface area contributed by atoms with Crippen LogP contribution in [0.3, 0.4) is 0 Å². The van der Waals surface area contributed by atoms with Crippen LogP contribution >= 0.6 is 0 Å². The molecule has 2 aromatic heterocycles. The lowest BCUT2D eigenvalue weighted by Crippen LogP contribution is -2.35. The zero-order chi connectivity index (χ0) is 31.0. The van der Waals surface area contributed by atoms with E-state index in [0.717, 1.165) is 12.1 Å². The van der Waals surface area contributed by atoms with Gasteiger partial charge in [-0.05, 0) is 42.8 Å². The Labute approximate surface area is 247 Å².